The molecule has 0 aliphatic carbocycles. The molecule has 78 valence electrons. The molecule has 2 nitrogen and oxygen atoms in total. The zero-order valence-corrected chi connectivity index (χ0v) is 9.96. The van der Waals surface area contributed by atoms with Crippen molar-refractivity contribution < 1.29 is 4.39 Å². The van der Waals surface area contributed by atoms with Gasteiger partial charge in [0.25, 0.3) is 0 Å². The molecule has 2 aromatic rings. The van der Waals surface area contributed by atoms with E-state index in [0.717, 1.165) is 10.0 Å². The van der Waals surface area contributed by atoms with E-state index >= 15 is 0 Å². The van der Waals surface area contributed by atoms with Gasteiger partial charge in [0.2, 0.25) is 0 Å². The average molecular weight is 290 g/mol. The van der Waals surface area contributed by atoms with Crippen LogP contribution in [-0.4, -0.2) is 9.78 Å². The molecule has 0 saturated heterocycles. The highest BCUT2D eigenvalue weighted by atomic mass is 79.9. The molecular weight excluding hydrogens is 282 g/mol. The van der Waals surface area contributed by atoms with Gasteiger partial charge in [-0.05, 0) is 33.6 Å². The summed E-state index contributed by atoms with van der Waals surface area (Å²) in [7, 11) is 0. The minimum Gasteiger partial charge on any atom is -0.267 e. The molecule has 0 amide bonds. The first-order valence-electron chi connectivity index (χ1n) is 4.27. The zero-order chi connectivity index (χ0) is 10.8. The largest absolute Gasteiger partial charge is 0.267 e. The number of nitrogens with zero attached hydrogens (tertiary/aromatic N) is 2. The van der Waals surface area contributed by atoms with Crippen molar-refractivity contribution in [3.63, 3.8) is 0 Å². The second-order valence-corrected chi connectivity index (χ2v) is 4.43. The van der Waals surface area contributed by atoms with Gasteiger partial charge < -0.3 is 0 Å². The van der Waals surface area contributed by atoms with Crippen LogP contribution in [0.3, 0.4) is 0 Å². The molecule has 0 fully saturated rings. The monoisotopic (exact) mass is 288 g/mol. The highest BCUT2D eigenvalue weighted by Crippen LogP contribution is 2.16. The summed E-state index contributed by atoms with van der Waals surface area (Å²) in [6.45, 7) is 0.527. The smallest absolute Gasteiger partial charge is 0.142 e. The maximum Gasteiger partial charge on any atom is 0.142 e. The number of benzene rings is 1. The minimum absolute atomic E-state index is 0.139. The average Bonchev–Trinajstić information content (AvgIpc) is 2.58. The summed E-state index contributed by atoms with van der Waals surface area (Å²) in [5, 5.41) is 4.22. The molecule has 0 unspecified atom stereocenters. The standard InChI is InChI=1S/C10H7BrClFN2/c11-8-4-14-15(6-8)5-7-1-2-9(12)10(13)3-7/h1-4,6H,5H2. The molecule has 0 aliphatic rings. The van der Waals surface area contributed by atoms with E-state index in [9.17, 15) is 4.39 Å². The van der Waals surface area contributed by atoms with Gasteiger partial charge in [0, 0.05) is 6.20 Å². The quantitative estimate of drug-likeness (QED) is 0.827. The molecule has 0 saturated carbocycles. The summed E-state index contributed by atoms with van der Waals surface area (Å²) in [5.41, 5.74) is 0.826. The molecule has 0 atom stereocenters. The molecule has 15 heavy (non-hydrogen) atoms. The van der Waals surface area contributed by atoms with Crippen LogP contribution in [0.1, 0.15) is 5.56 Å². The topological polar surface area (TPSA) is 17.8 Å². The van der Waals surface area contributed by atoms with Crippen LogP contribution in [-0.2, 0) is 6.54 Å². The lowest BCUT2D eigenvalue weighted by Crippen LogP contribution is -2.00. The van der Waals surface area contributed by atoms with Crippen LogP contribution >= 0.6 is 27.5 Å². The Morgan fingerprint density at radius 3 is 2.87 bits per heavy atom. The molecule has 0 radical (unpaired) electrons. The van der Waals surface area contributed by atoms with Gasteiger partial charge in [-0.25, -0.2) is 4.39 Å². The van der Waals surface area contributed by atoms with E-state index in [1.54, 1.807) is 23.0 Å². The highest BCUT2D eigenvalue weighted by molar-refractivity contribution is 9.10. The van der Waals surface area contributed by atoms with Crippen LogP contribution in [0.5, 0.6) is 0 Å². The van der Waals surface area contributed by atoms with Gasteiger partial charge in [-0.2, -0.15) is 5.10 Å². The summed E-state index contributed by atoms with van der Waals surface area (Å²) < 4.78 is 15.7. The molecule has 0 N–H and O–H groups in total. The molecule has 0 aliphatic heterocycles. The highest BCUT2D eigenvalue weighted by Gasteiger charge is 2.02. The number of rotatable bonds is 2. The summed E-state index contributed by atoms with van der Waals surface area (Å²) in [6, 6.07) is 4.74. The van der Waals surface area contributed by atoms with Crippen LogP contribution in [0.4, 0.5) is 4.39 Å². The van der Waals surface area contributed by atoms with Gasteiger partial charge in [-0.3, -0.25) is 4.68 Å². The summed E-state index contributed by atoms with van der Waals surface area (Å²) in [4.78, 5) is 0. The second kappa shape index (κ2) is 4.33. The van der Waals surface area contributed by atoms with Crippen molar-refractivity contribution >= 4 is 27.5 Å². The number of hydrogen-bond donors (Lipinski definition) is 0. The van der Waals surface area contributed by atoms with E-state index in [1.165, 1.54) is 6.07 Å². The summed E-state index contributed by atoms with van der Waals surface area (Å²) in [6.07, 6.45) is 3.51. The Bertz CT molecular complexity index is 484. The van der Waals surface area contributed by atoms with Crippen LogP contribution in [0.15, 0.2) is 35.1 Å². The van der Waals surface area contributed by atoms with Crippen molar-refractivity contribution in [2.24, 2.45) is 0 Å². The molecule has 2 rings (SSSR count). The predicted octanol–water partition coefficient (Wildman–Crippen LogP) is 3.49. The Kier molecular flexibility index (Phi) is 3.07. The molecule has 0 spiro atoms. The lowest BCUT2D eigenvalue weighted by molar-refractivity contribution is 0.619. The first-order chi connectivity index (χ1) is 7.15. The Morgan fingerprint density at radius 1 is 1.47 bits per heavy atom. The van der Waals surface area contributed by atoms with Gasteiger partial charge in [0.15, 0.2) is 0 Å². The Balaban J connectivity index is 2.21. The molecular formula is C10H7BrClFN2. The van der Waals surface area contributed by atoms with Crippen LogP contribution in [0.25, 0.3) is 0 Å². The van der Waals surface area contributed by atoms with Gasteiger partial charge in [-0.1, -0.05) is 17.7 Å². The molecule has 0 bridgehead atoms. The van der Waals surface area contributed by atoms with Crippen molar-refractivity contribution in [3.8, 4) is 0 Å². The van der Waals surface area contributed by atoms with Crippen LogP contribution in [0.2, 0.25) is 5.02 Å². The van der Waals surface area contributed by atoms with Gasteiger partial charge in [0.05, 0.1) is 22.2 Å². The maximum atomic E-state index is 13.1. The van der Waals surface area contributed by atoms with Crippen LogP contribution in [0, 0.1) is 5.82 Å². The first-order valence-corrected chi connectivity index (χ1v) is 5.44. The van der Waals surface area contributed by atoms with E-state index in [-0.39, 0.29) is 5.02 Å². The molecule has 1 aromatic heterocycles. The van der Waals surface area contributed by atoms with Gasteiger partial charge in [-0.15, -0.1) is 0 Å². The van der Waals surface area contributed by atoms with E-state index in [4.69, 9.17) is 11.6 Å². The summed E-state index contributed by atoms with van der Waals surface area (Å²) >= 11 is 8.88. The minimum atomic E-state index is -0.402. The van der Waals surface area contributed by atoms with Crippen LogP contribution < -0.4 is 0 Å². The Hall–Kier alpha value is -0.870. The van der Waals surface area contributed by atoms with Crippen molar-refractivity contribution in [2.45, 2.75) is 6.54 Å². The zero-order valence-electron chi connectivity index (χ0n) is 7.62. The van der Waals surface area contributed by atoms with Crippen molar-refractivity contribution in [1.29, 1.82) is 0 Å². The molecule has 1 heterocycles. The van der Waals surface area contributed by atoms with Crippen molar-refractivity contribution in [1.82, 2.24) is 9.78 Å². The second-order valence-electron chi connectivity index (χ2n) is 3.10. The third-order valence-corrected chi connectivity index (χ3v) is 2.65. The van der Waals surface area contributed by atoms with Crippen molar-refractivity contribution in [2.75, 3.05) is 0 Å². The van der Waals surface area contributed by atoms with Gasteiger partial charge >= 0.3 is 0 Å². The summed E-state index contributed by atoms with van der Waals surface area (Å²) in [5.74, 6) is -0.402. The normalized spacial score (nSPS) is 10.6. The SMILES string of the molecule is Fc1cc(Cn2cc(Br)cn2)ccc1Cl. The number of aromatic nitrogens is 2. The first kappa shape index (κ1) is 10.6. The number of hydrogen-bond acceptors (Lipinski definition) is 1. The van der Waals surface area contributed by atoms with Crippen molar-refractivity contribution in [3.05, 3.63) is 51.5 Å². The lowest BCUT2D eigenvalue weighted by Gasteiger charge is -2.02. The predicted molar refractivity (Wildman–Crippen MR) is 60.4 cm³/mol. The van der Waals surface area contributed by atoms with E-state index in [0.29, 0.717) is 6.54 Å². The van der Waals surface area contributed by atoms with Gasteiger partial charge in [0.1, 0.15) is 5.82 Å². The maximum absolute atomic E-state index is 13.1. The van der Waals surface area contributed by atoms with E-state index in [2.05, 4.69) is 21.0 Å². The molecule has 1 aromatic carbocycles. The Morgan fingerprint density at radius 2 is 2.27 bits per heavy atom. The fourth-order valence-electron chi connectivity index (χ4n) is 1.25. The third-order valence-electron chi connectivity index (χ3n) is 1.93. The fraction of sp³-hybridized carbons (Fsp3) is 0.100. The van der Waals surface area contributed by atoms with E-state index in [1.807, 2.05) is 6.20 Å². The van der Waals surface area contributed by atoms with E-state index < -0.39 is 5.82 Å². The fourth-order valence-corrected chi connectivity index (χ4v) is 1.70. The molecule has 5 heteroatoms. The lowest BCUT2D eigenvalue weighted by atomic mass is 10.2. The number of halogens is 3. The third kappa shape index (κ3) is 2.58. The Labute approximate surface area is 99.8 Å².